The van der Waals surface area contributed by atoms with E-state index in [1.54, 1.807) is 75.6 Å². The Bertz CT molecular complexity index is 2670. The Balaban J connectivity index is 1.19. The first-order chi connectivity index (χ1) is 31.4. The number of carbonyl (C=O) groups is 1. The van der Waals surface area contributed by atoms with Gasteiger partial charge in [-0.25, -0.2) is 0 Å². The lowest BCUT2D eigenvalue weighted by atomic mass is 9.92. The van der Waals surface area contributed by atoms with Crippen molar-refractivity contribution in [3.63, 3.8) is 0 Å². The predicted molar refractivity (Wildman–Crippen MR) is 253 cm³/mol. The van der Waals surface area contributed by atoms with Crippen molar-refractivity contribution in [3.8, 4) is 34.1 Å². The fraction of sp³-hybridized carbons (Fsp3) is 0.260. The Morgan fingerprint density at radius 2 is 1.14 bits per heavy atom. The van der Waals surface area contributed by atoms with Gasteiger partial charge >= 0.3 is 5.97 Å². The van der Waals surface area contributed by atoms with Gasteiger partial charge in [0.25, 0.3) is 0 Å². The van der Waals surface area contributed by atoms with Crippen molar-refractivity contribution in [2.24, 2.45) is 9.98 Å². The molecule has 4 aromatic carbocycles. The molecule has 0 saturated heterocycles. The van der Waals surface area contributed by atoms with Gasteiger partial charge in [-0.15, -0.1) is 0 Å². The molecule has 0 fully saturated rings. The molecule has 0 radical (unpaired) electrons. The average Bonchev–Trinajstić information content (AvgIpc) is 3.28. The monoisotopic (exact) mass is 919 g/mol. The molecule has 65 heavy (non-hydrogen) atoms. The van der Waals surface area contributed by atoms with E-state index in [0.29, 0.717) is 44.2 Å². The second-order valence-corrected chi connectivity index (χ2v) is 16.1. The van der Waals surface area contributed by atoms with Gasteiger partial charge < -0.3 is 34.3 Å². The summed E-state index contributed by atoms with van der Waals surface area (Å²) < 4.78 is 25.1. The molecule has 338 valence electrons. The van der Waals surface area contributed by atoms with Crippen molar-refractivity contribution in [2.75, 3.05) is 14.1 Å². The lowest BCUT2D eigenvalue weighted by molar-refractivity contribution is -0.142. The Morgan fingerprint density at radius 1 is 0.677 bits per heavy atom. The van der Waals surface area contributed by atoms with E-state index in [4.69, 9.17) is 42.1 Å². The molecule has 2 unspecified atom stereocenters. The highest BCUT2D eigenvalue weighted by molar-refractivity contribution is 6.32. The third-order valence-electron chi connectivity index (χ3n) is 10.6. The van der Waals surface area contributed by atoms with Crippen LogP contribution in [0.25, 0.3) is 11.1 Å². The predicted octanol–water partition coefficient (Wildman–Crippen LogP) is 8.90. The van der Waals surface area contributed by atoms with Crippen LogP contribution in [-0.4, -0.2) is 69.9 Å². The molecule has 4 N–H and O–H groups in total. The zero-order chi connectivity index (χ0) is 46.5. The van der Waals surface area contributed by atoms with E-state index in [9.17, 15) is 20.1 Å². The number of hydrogen-bond acceptors (Lipinski definition) is 12. The molecule has 0 aliphatic heterocycles. The number of ether oxygens (including phenoxy) is 4. The van der Waals surface area contributed by atoms with Crippen LogP contribution in [0.15, 0.2) is 108 Å². The summed E-state index contributed by atoms with van der Waals surface area (Å²) in [5, 5.41) is 33.3. The van der Waals surface area contributed by atoms with Crippen molar-refractivity contribution in [2.45, 2.75) is 72.5 Å². The summed E-state index contributed by atoms with van der Waals surface area (Å²) in [7, 11) is 3.38. The van der Waals surface area contributed by atoms with E-state index in [0.717, 1.165) is 55.6 Å². The van der Waals surface area contributed by atoms with Crippen LogP contribution in [0.2, 0.25) is 10.0 Å². The van der Waals surface area contributed by atoms with E-state index in [1.165, 1.54) is 6.92 Å². The molecule has 0 bridgehead atoms. The second-order valence-electron chi connectivity index (χ2n) is 15.2. The Hall–Kier alpha value is -6.35. The summed E-state index contributed by atoms with van der Waals surface area (Å²) in [6.45, 7) is 6.06. The first-order valence-corrected chi connectivity index (χ1v) is 21.4. The number of aliphatic hydroxyl groups excluding tert-OH is 2. The molecule has 6 aromatic rings. The summed E-state index contributed by atoms with van der Waals surface area (Å²) in [6.07, 6.45) is 9.08. The van der Waals surface area contributed by atoms with Crippen molar-refractivity contribution in [1.29, 1.82) is 0 Å². The van der Waals surface area contributed by atoms with Crippen LogP contribution < -0.4 is 24.3 Å². The molecule has 0 spiro atoms. The van der Waals surface area contributed by atoms with Crippen molar-refractivity contribution in [3.05, 3.63) is 163 Å². The number of aromatic nitrogens is 2. The minimum Gasteiger partial charge on any atom is -0.488 e. The first kappa shape index (κ1) is 48.1. The number of aliphatic carboxylic acids is 1. The maximum atomic E-state index is 11.8. The Kier molecular flexibility index (Phi) is 17.0. The normalized spacial score (nSPS) is 12.4. The smallest absolute Gasteiger partial charge is 0.323 e. The van der Waals surface area contributed by atoms with Crippen LogP contribution in [0, 0.1) is 13.8 Å². The van der Waals surface area contributed by atoms with E-state index in [1.807, 2.05) is 50.2 Å². The zero-order valence-corrected chi connectivity index (χ0v) is 38.2. The summed E-state index contributed by atoms with van der Waals surface area (Å²) in [5.41, 5.74) is 10.3. The first-order valence-electron chi connectivity index (χ1n) is 20.7. The van der Waals surface area contributed by atoms with Crippen LogP contribution in [0.4, 0.5) is 0 Å². The van der Waals surface area contributed by atoms with Crippen molar-refractivity contribution >= 4 is 41.6 Å². The third kappa shape index (κ3) is 12.7. The molecule has 2 heterocycles. The summed E-state index contributed by atoms with van der Waals surface area (Å²) in [6, 6.07) is 21.4. The van der Waals surface area contributed by atoms with Crippen LogP contribution in [0.5, 0.6) is 23.0 Å². The maximum Gasteiger partial charge on any atom is 0.323 e. The quantitative estimate of drug-likeness (QED) is 0.0507. The molecule has 0 aliphatic rings. The lowest BCUT2D eigenvalue weighted by Gasteiger charge is -2.20. The summed E-state index contributed by atoms with van der Waals surface area (Å²) in [4.78, 5) is 28.5. The molecule has 13 nitrogen and oxygen atoms in total. The van der Waals surface area contributed by atoms with Crippen LogP contribution in [-0.2, 0) is 44.4 Å². The minimum absolute atomic E-state index is 0.0462. The number of hydrogen-bond donors (Lipinski definition) is 4. The van der Waals surface area contributed by atoms with Crippen molar-refractivity contribution < 1.29 is 39.1 Å². The minimum atomic E-state index is -1.21. The van der Waals surface area contributed by atoms with Gasteiger partial charge in [-0.05, 0) is 78.4 Å². The highest BCUT2D eigenvalue weighted by atomic mass is 35.5. The van der Waals surface area contributed by atoms with Gasteiger partial charge in [0.2, 0.25) is 0 Å². The van der Waals surface area contributed by atoms with E-state index in [-0.39, 0.29) is 39.6 Å². The SMILES string of the molecule is CN=Cc1cncc(COc2cc(OCc3cccc(-c4cccc(COc5cc(OCc6cncc(C=NC)c6)c(CNC(C(=O)O)C(C)O)cc5Cl)c4C)c3C)c(Cl)cc2CO)c1. The molecular formula is C50H51Cl2N5O8. The zero-order valence-electron chi connectivity index (χ0n) is 36.7. The van der Waals surface area contributed by atoms with Gasteiger partial charge in [0, 0.05) is 103 Å². The number of carboxylic acid groups (broad SMARTS) is 1. The topological polar surface area (TPSA) is 177 Å². The molecule has 2 atom stereocenters. The summed E-state index contributed by atoms with van der Waals surface area (Å²) in [5.74, 6) is 0.457. The van der Waals surface area contributed by atoms with Crippen LogP contribution in [0.1, 0.15) is 62.6 Å². The molecular weight excluding hydrogens is 869 g/mol. The highest BCUT2D eigenvalue weighted by Gasteiger charge is 2.24. The number of aliphatic imine (C=N–C) groups is 2. The van der Waals surface area contributed by atoms with Gasteiger partial charge in [0.05, 0.1) is 22.8 Å². The Labute approximate surface area is 388 Å². The van der Waals surface area contributed by atoms with Crippen LogP contribution >= 0.6 is 23.2 Å². The second kappa shape index (κ2) is 23.0. The van der Waals surface area contributed by atoms with Crippen molar-refractivity contribution in [1.82, 2.24) is 15.3 Å². The molecule has 2 aromatic heterocycles. The third-order valence-corrected chi connectivity index (χ3v) is 11.2. The van der Waals surface area contributed by atoms with Gasteiger partial charge in [-0.1, -0.05) is 59.6 Å². The molecule has 0 amide bonds. The number of rotatable bonds is 21. The highest BCUT2D eigenvalue weighted by Crippen LogP contribution is 2.37. The van der Waals surface area contributed by atoms with Gasteiger partial charge in [-0.3, -0.25) is 30.1 Å². The fourth-order valence-corrected chi connectivity index (χ4v) is 7.58. The van der Waals surface area contributed by atoms with Gasteiger partial charge in [0.1, 0.15) is 55.5 Å². The lowest BCUT2D eigenvalue weighted by Crippen LogP contribution is -2.44. The van der Waals surface area contributed by atoms with Crippen LogP contribution in [0.3, 0.4) is 0 Å². The standard InChI is InChI=1S/C50H51Cl2N5O8/c1-30-37(28-64-47-16-45(62-26-35-12-33(18-53-4)20-55-22-35)39(14-43(47)51)24-57-49(32(3)59)50(60)61)8-6-10-41(30)42-11-7-9-38(31(42)2)29-65-48-17-46(40(25-58)15-44(48)52)63-27-36-13-34(19-54-5)21-56-23-36/h6-23,32,49,57-59H,24-29H2,1-5H3,(H,60,61). The number of halogens is 2. The number of pyridine rings is 2. The Morgan fingerprint density at radius 3 is 1.58 bits per heavy atom. The summed E-state index contributed by atoms with van der Waals surface area (Å²) >= 11 is 13.5. The van der Waals surface area contributed by atoms with E-state index < -0.39 is 18.1 Å². The number of nitrogens with zero attached hydrogens (tertiary/aromatic N) is 4. The largest absolute Gasteiger partial charge is 0.488 e. The van der Waals surface area contributed by atoms with E-state index in [2.05, 4.69) is 37.4 Å². The van der Waals surface area contributed by atoms with Gasteiger partial charge in [-0.2, -0.15) is 0 Å². The van der Waals surface area contributed by atoms with Gasteiger partial charge in [0.15, 0.2) is 0 Å². The average molecular weight is 921 g/mol. The molecule has 6 rings (SSSR count). The molecule has 0 aliphatic carbocycles. The molecule has 15 heteroatoms. The number of carboxylic acids is 1. The number of nitrogens with one attached hydrogen (secondary N) is 1. The fourth-order valence-electron chi connectivity index (χ4n) is 7.10. The van der Waals surface area contributed by atoms with E-state index >= 15 is 0 Å². The molecule has 0 saturated carbocycles. The maximum absolute atomic E-state index is 11.8. The number of aliphatic hydroxyl groups is 2. The number of benzene rings is 4.